The zero-order chi connectivity index (χ0) is 21.8. The minimum atomic E-state index is -0.206. The Morgan fingerprint density at radius 2 is 1.48 bits per heavy atom. The van der Waals surface area contributed by atoms with Gasteiger partial charge in [-0.15, -0.1) is 0 Å². The SMILES string of the molecule is Cc1cccc(CN(Cc2cccc(C)n2)C(=O)C(C)N2CCc3ccccc3C2)n1. The molecule has 0 spiro atoms. The van der Waals surface area contributed by atoms with E-state index in [1.54, 1.807) is 0 Å². The number of rotatable bonds is 6. The molecule has 5 nitrogen and oxygen atoms in total. The first-order chi connectivity index (χ1) is 15.0. The van der Waals surface area contributed by atoms with Crippen LogP contribution < -0.4 is 0 Å². The highest BCUT2D eigenvalue weighted by Gasteiger charge is 2.29. The highest BCUT2D eigenvalue weighted by Crippen LogP contribution is 2.22. The van der Waals surface area contributed by atoms with E-state index < -0.39 is 0 Å². The van der Waals surface area contributed by atoms with Crippen molar-refractivity contribution in [2.75, 3.05) is 6.54 Å². The third-order valence-electron chi connectivity index (χ3n) is 5.97. The van der Waals surface area contributed by atoms with E-state index in [-0.39, 0.29) is 11.9 Å². The predicted octanol–water partition coefficient (Wildman–Crippen LogP) is 4.07. The summed E-state index contributed by atoms with van der Waals surface area (Å²) in [6.45, 7) is 8.63. The van der Waals surface area contributed by atoms with Crippen LogP contribution in [0.25, 0.3) is 0 Å². The quantitative estimate of drug-likeness (QED) is 0.610. The van der Waals surface area contributed by atoms with Gasteiger partial charge in [0.15, 0.2) is 0 Å². The predicted molar refractivity (Wildman–Crippen MR) is 122 cm³/mol. The lowest BCUT2D eigenvalue weighted by Crippen LogP contribution is -2.48. The standard InChI is InChI=1S/C26H30N4O/c1-19-8-6-12-24(27-19)17-30(18-25-13-7-9-20(2)28-25)26(31)21(3)29-15-14-22-10-4-5-11-23(22)16-29/h4-13,21H,14-18H2,1-3H3. The molecule has 2 aromatic heterocycles. The topological polar surface area (TPSA) is 49.3 Å². The molecule has 0 saturated heterocycles. The van der Waals surface area contributed by atoms with Crippen LogP contribution in [-0.2, 0) is 30.8 Å². The lowest BCUT2D eigenvalue weighted by Gasteiger charge is -2.35. The number of aryl methyl sites for hydroxylation is 2. The zero-order valence-electron chi connectivity index (χ0n) is 18.6. The molecule has 1 unspecified atom stereocenters. The minimum absolute atomic E-state index is 0.117. The number of fused-ring (bicyclic) bond motifs is 1. The number of benzene rings is 1. The fourth-order valence-corrected chi connectivity index (χ4v) is 4.25. The Bertz CT molecular complexity index is 1020. The summed E-state index contributed by atoms with van der Waals surface area (Å²) in [6, 6.07) is 20.2. The van der Waals surface area contributed by atoms with Crippen molar-refractivity contribution < 1.29 is 4.79 Å². The van der Waals surface area contributed by atoms with E-state index >= 15 is 0 Å². The summed E-state index contributed by atoms with van der Waals surface area (Å²) in [5.41, 5.74) is 6.43. The molecular weight excluding hydrogens is 384 g/mol. The van der Waals surface area contributed by atoms with Gasteiger partial charge in [-0.05, 0) is 62.6 Å². The second-order valence-corrected chi connectivity index (χ2v) is 8.40. The highest BCUT2D eigenvalue weighted by atomic mass is 16.2. The van der Waals surface area contributed by atoms with Gasteiger partial charge in [0.05, 0.1) is 30.5 Å². The minimum Gasteiger partial charge on any atom is -0.330 e. The van der Waals surface area contributed by atoms with Crippen LogP contribution in [0.5, 0.6) is 0 Å². The van der Waals surface area contributed by atoms with Crippen LogP contribution in [0.15, 0.2) is 60.7 Å². The van der Waals surface area contributed by atoms with E-state index in [1.807, 2.05) is 62.1 Å². The fraction of sp³-hybridized carbons (Fsp3) is 0.346. The van der Waals surface area contributed by atoms with Crippen LogP contribution in [0.2, 0.25) is 0 Å². The first-order valence-electron chi connectivity index (χ1n) is 10.9. The maximum atomic E-state index is 13.7. The third-order valence-corrected chi connectivity index (χ3v) is 5.97. The summed E-state index contributed by atoms with van der Waals surface area (Å²) in [5.74, 6) is 0.117. The normalized spacial score (nSPS) is 14.7. The number of hydrogen-bond acceptors (Lipinski definition) is 4. The van der Waals surface area contributed by atoms with Gasteiger partial charge in [-0.25, -0.2) is 0 Å². The van der Waals surface area contributed by atoms with E-state index in [4.69, 9.17) is 0 Å². The second-order valence-electron chi connectivity index (χ2n) is 8.40. The Morgan fingerprint density at radius 1 is 0.903 bits per heavy atom. The molecule has 3 aromatic rings. The summed E-state index contributed by atoms with van der Waals surface area (Å²) in [7, 11) is 0. The number of amides is 1. The smallest absolute Gasteiger partial charge is 0.240 e. The van der Waals surface area contributed by atoms with Crippen molar-refractivity contribution in [3.8, 4) is 0 Å². The van der Waals surface area contributed by atoms with Crippen LogP contribution in [0, 0.1) is 13.8 Å². The van der Waals surface area contributed by atoms with Crippen LogP contribution in [-0.4, -0.2) is 38.3 Å². The van der Waals surface area contributed by atoms with Gasteiger partial charge in [-0.2, -0.15) is 0 Å². The van der Waals surface area contributed by atoms with Crippen LogP contribution in [0.3, 0.4) is 0 Å². The first-order valence-corrected chi connectivity index (χ1v) is 10.9. The van der Waals surface area contributed by atoms with Gasteiger partial charge in [0.25, 0.3) is 0 Å². The molecule has 0 N–H and O–H groups in total. The third kappa shape index (κ3) is 5.17. The van der Waals surface area contributed by atoms with Crippen molar-refractivity contribution in [1.29, 1.82) is 0 Å². The lowest BCUT2D eigenvalue weighted by molar-refractivity contribution is -0.138. The lowest BCUT2D eigenvalue weighted by atomic mass is 9.98. The molecule has 1 aliphatic heterocycles. The van der Waals surface area contributed by atoms with E-state index in [9.17, 15) is 4.79 Å². The molecule has 0 fully saturated rings. The maximum absolute atomic E-state index is 13.7. The average Bonchev–Trinajstić information content (AvgIpc) is 2.77. The molecule has 31 heavy (non-hydrogen) atoms. The van der Waals surface area contributed by atoms with Gasteiger partial charge >= 0.3 is 0 Å². The molecule has 0 radical (unpaired) electrons. The summed E-state index contributed by atoms with van der Waals surface area (Å²) in [6.07, 6.45) is 0.979. The van der Waals surface area contributed by atoms with E-state index in [2.05, 4.69) is 39.1 Å². The van der Waals surface area contributed by atoms with E-state index in [0.717, 1.165) is 42.3 Å². The number of carbonyl (C=O) groups is 1. The Kier molecular flexibility index (Phi) is 6.42. The Balaban J connectivity index is 1.55. The van der Waals surface area contributed by atoms with Gasteiger partial charge in [-0.1, -0.05) is 36.4 Å². The van der Waals surface area contributed by atoms with Crippen molar-refractivity contribution in [2.45, 2.75) is 52.9 Å². The number of nitrogens with zero attached hydrogens (tertiary/aromatic N) is 4. The second kappa shape index (κ2) is 9.40. The van der Waals surface area contributed by atoms with Crippen LogP contribution in [0.1, 0.15) is 40.8 Å². The van der Waals surface area contributed by atoms with Crippen LogP contribution in [0.4, 0.5) is 0 Å². The zero-order valence-corrected chi connectivity index (χ0v) is 18.6. The van der Waals surface area contributed by atoms with Crippen molar-refractivity contribution in [3.05, 3.63) is 94.6 Å². The number of carbonyl (C=O) groups excluding carboxylic acids is 1. The van der Waals surface area contributed by atoms with Gasteiger partial charge in [0.2, 0.25) is 5.91 Å². The number of aromatic nitrogens is 2. The number of hydrogen-bond donors (Lipinski definition) is 0. The van der Waals surface area contributed by atoms with Crippen molar-refractivity contribution in [1.82, 2.24) is 19.8 Å². The summed E-state index contributed by atoms with van der Waals surface area (Å²) < 4.78 is 0. The molecule has 1 amide bonds. The fourth-order valence-electron chi connectivity index (χ4n) is 4.25. The maximum Gasteiger partial charge on any atom is 0.240 e. The Morgan fingerprint density at radius 3 is 2.06 bits per heavy atom. The molecule has 0 saturated carbocycles. The van der Waals surface area contributed by atoms with Gasteiger partial charge < -0.3 is 4.90 Å². The van der Waals surface area contributed by atoms with E-state index in [1.165, 1.54) is 11.1 Å². The van der Waals surface area contributed by atoms with Crippen LogP contribution >= 0.6 is 0 Å². The molecule has 4 rings (SSSR count). The van der Waals surface area contributed by atoms with Crippen molar-refractivity contribution >= 4 is 5.91 Å². The monoisotopic (exact) mass is 414 g/mol. The molecule has 1 atom stereocenters. The first kappa shape index (κ1) is 21.2. The van der Waals surface area contributed by atoms with Gasteiger partial charge in [0.1, 0.15) is 0 Å². The van der Waals surface area contributed by atoms with Crippen molar-refractivity contribution in [2.24, 2.45) is 0 Å². The number of pyridine rings is 2. The molecule has 1 aliphatic rings. The Hall–Kier alpha value is -3.05. The molecule has 3 heterocycles. The summed E-state index contributed by atoms with van der Waals surface area (Å²) in [5, 5.41) is 0. The average molecular weight is 415 g/mol. The van der Waals surface area contributed by atoms with Crippen molar-refractivity contribution in [3.63, 3.8) is 0 Å². The summed E-state index contributed by atoms with van der Waals surface area (Å²) >= 11 is 0. The highest BCUT2D eigenvalue weighted by molar-refractivity contribution is 5.81. The molecule has 0 aliphatic carbocycles. The molecule has 0 bridgehead atoms. The Labute approximate surface area is 184 Å². The molecule has 5 heteroatoms. The van der Waals surface area contributed by atoms with Gasteiger partial charge in [-0.3, -0.25) is 19.7 Å². The largest absolute Gasteiger partial charge is 0.330 e. The van der Waals surface area contributed by atoms with E-state index in [0.29, 0.717) is 13.1 Å². The molecule has 160 valence electrons. The van der Waals surface area contributed by atoms with Gasteiger partial charge in [0, 0.05) is 24.5 Å². The molecule has 1 aromatic carbocycles. The molecular formula is C26H30N4O. The summed E-state index contributed by atoms with van der Waals surface area (Å²) in [4.78, 5) is 27.1.